The highest BCUT2D eigenvalue weighted by molar-refractivity contribution is 6.00. The van der Waals surface area contributed by atoms with E-state index < -0.39 is 6.04 Å². The average Bonchev–Trinajstić information content (AvgIpc) is 2.58. The summed E-state index contributed by atoms with van der Waals surface area (Å²) in [5.41, 5.74) is 2.52. The van der Waals surface area contributed by atoms with Gasteiger partial charge in [-0.2, -0.15) is 0 Å². The largest absolute Gasteiger partial charge is 0.359 e. The van der Waals surface area contributed by atoms with E-state index in [-0.39, 0.29) is 18.2 Å². The van der Waals surface area contributed by atoms with Gasteiger partial charge in [-0.1, -0.05) is 38.2 Å². The molecule has 0 aromatic rings. The number of allylic oxidation sites excluding steroid dienone is 3. The molecule has 1 N–H and O–H groups in total. The van der Waals surface area contributed by atoms with E-state index in [0.29, 0.717) is 25.0 Å². The first-order chi connectivity index (χ1) is 11.5. The summed E-state index contributed by atoms with van der Waals surface area (Å²) in [6.45, 7) is 11.9. The Hall–Kier alpha value is -2.17. The second kappa shape index (κ2) is 11.4. The minimum atomic E-state index is -0.565. The van der Waals surface area contributed by atoms with Crippen molar-refractivity contribution in [3.63, 3.8) is 0 Å². The van der Waals surface area contributed by atoms with Crippen molar-refractivity contribution in [2.45, 2.75) is 53.0 Å². The van der Waals surface area contributed by atoms with Crippen LogP contribution in [0.25, 0.3) is 0 Å². The lowest BCUT2D eigenvalue weighted by atomic mass is 9.91. The van der Waals surface area contributed by atoms with Crippen molar-refractivity contribution >= 4 is 18.1 Å². The Labute approximate surface area is 145 Å². The highest BCUT2D eigenvalue weighted by atomic mass is 16.2. The van der Waals surface area contributed by atoms with Gasteiger partial charge in [-0.3, -0.25) is 9.59 Å². The molecule has 1 atom stereocenters. The second-order valence-electron chi connectivity index (χ2n) is 5.47. The number of hydrogen-bond donors (Lipinski definition) is 1. The molecule has 0 aliphatic carbocycles. The highest BCUT2D eigenvalue weighted by Gasteiger charge is 2.32. The molecule has 0 aromatic carbocycles. The summed E-state index contributed by atoms with van der Waals surface area (Å²) in [7, 11) is 1.55. The average molecular weight is 334 g/mol. The van der Waals surface area contributed by atoms with Gasteiger partial charge in [0, 0.05) is 25.6 Å². The van der Waals surface area contributed by atoms with Crippen LogP contribution < -0.4 is 5.32 Å². The summed E-state index contributed by atoms with van der Waals surface area (Å²) in [6, 6.07) is -0.565. The lowest BCUT2D eigenvalue weighted by Gasteiger charge is -2.34. The molecule has 1 saturated heterocycles. The van der Waals surface area contributed by atoms with Gasteiger partial charge in [0.25, 0.3) is 5.91 Å². The molecule has 0 spiro atoms. The predicted molar refractivity (Wildman–Crippen MR) is 97.5 cm³/mol. The minimum Gasteiger partial charge on any atom is -0.359 e. The summed E-state index contributed by atoms with van der Waals surface area (Å²) in [4.78, 5) is 37.0. The first kappa shape index (κ1) is 21.8. The molecule has 24 heavy (non-hydrogen) atoms. The molecule has 134 valence electrons. The van der Waals surface area contributed by atoms with E-state index >= 15 is 0 Å². The number of rotatable bonds is 6. The zero-order chi connectivity index (χ0) is 18.7. The van der Waals surface area contributed by atoms with Crippen molar-refractivity contribution in [1.82, 2.24) is 10.2 Å². The van der Waals surface area contributed by atoms with Crippen LogP contribution in [-0.2, 0) is 14.4 Å². The summed E-state index contributed by atoms with van der Waals surface area (Å²) >= 11 is 0. The van der Waals surface area contributed by atoms with Crippen LogP contribution in [0, 0.1) is 0 Å². The highest BCUT2D eigenvalue weighted by Crippen LogP contribution is 2.28. The van der Waals surface area contributed by atoms with Crippen molar-refractivity contribution in [2.24, 2.45) is 0 Å². The van der Waals surface area contributed by atoms with Crippen molar-refractivity contribution in [3.8, 4) is 0 Å². The number of aldehydes is 1. The van der Waals surface area contributed by atoms with E-state index in [2.05, 4.69) is 11.9 Å². The quantitative estimate of drug-likeness (QED) is 0.600. The molecular formula is C19H30N2O3. The molecule has 2 amide bonds. The normalized spacial score (nSPS) is 16.9. The Morgan fingerprint density at radius 3 is 2.46 bits per heavy atom. The Bertz CT molecular complexity index is 529. The van der Waals surface area contributed by atoms with Crippen molar-refractivity contribution in [1.29, 1.82) is 0 Å². The molecule has 5 heteroatoms. The van der Waals surface area contributed by atoms with Crippen LogP contribution in [0.2, 0.25) is 0 Å². The third-order valence-electron chi connectivity index (χ3n) is 3.74. The van der Waals surface area contributed by atoms with Gasteiger partial charge in [-0.25, -0.2) is 0 Å². The van der Waals surface area contributed by atoms with Crippen LogP contribution in [0.1, 0.15) is 47.0 Å². The van der Waals surface area contributed by atoms with Crippen LogP contribution in [0.5, 0.6) is 0 Å². The van der Waals surface area contributed by atoms with Gasteiger partial charge in [0.15, 0.2) is 0 Å². The maximum absolute atomic E-state index is 12.7. The fourth-order valence-corrected chi connectivity index (χ4v) is 2.61. The van der Waals surface area contributed by atoms with E-state index in [1.54, 1.807) is 18.0 Å². The topological polar surface area (TPSA) is 66.5 Å². The molecule has 1 aliphatic heterocycles. The molecule has 5 nitrogen and oxygen atoms in total. The van der Waals surface area contributed by atoms with Crippen LogP contribution in [0.4, 0.5) is 0 Å². The maximum atomic E-state index is 12.7. The van der Waals surface area contributed by atoms with Crippen molar-refractivity contribution in [3.05, 3.63) is 35.5 Å². The van der Waals surface area contributed by atoms with Crippen LogP contribution >= 0.6 is 0 Å². The zero-order valence-corrected chi connectivity index (χ0v) is 15.5. The molecule has 0 aromatic heterocycles. The molecule has 1 unspecified atom stereocenters. The maximum Gasteiger partial charge on any atom is 0.254 e. The van der Waals surface area contributed by atoms with E-state index in [4.69, 9.17) is 0 Å². The number of amides is 2. The summed E-state index contributed by atoms with van der Waals surface area (Å²) < 4.78 is 0. The predicted octanol–water partition coefficient (Wildman–Crippen LogP) is 2.79. The number of likely N-dealkylation sites (tertiary alicyclic amines) is 1. The SMILES string of the molecule is C=C/C=C1/CCN(C(C=O)CCC(=O)NC)C(=O)C1=C(C)C.CC. The van der Waals surface area contributed by atoms with Gasteiger partial charge in [0.1, 0.15) is 6.29 Å². The smallest absolute Gasteiger partial charge is 0.254 e. The van der Waals surface area contributed by atoms with Crippen molar-refractivity contribution < 1.29 is 14.4 Å². The molecule has 0 saturated carbocycles. The lowest BCUT2D eigenvalue weighted by Crippen LogP contribution is -2.46. The fourth-order valence-electron chi connectivity index (χ4n) is 2.61. The van der Waals surface area contributed by atoms with Crippen LogP contribution in [0.15, 0.2) is 35.5 Å². The van der Waals surface area contributed by atoms with E-state index in [1.165, 1.54) is 0 Å². The number of carbonyl (C=O) groups is 3. The Morgan fingerprint density at radius 2 is 2.00 bits per heavy atom. The lowest BCUT2D eigenvalue weighted by molar-refractivity contribution is -0.134. The monoisotopic (exact) mass is 334 g/mol. The first-order valence-corrected chi connectivity index (χ1v) is 8.42. The van der Waals surface area contributed by atoms with Gasteiger partial charge >= 0.3 is 0 Å². The summed E-state index contributed by atoms with van der Waals surface area (Å²) in [6.07, 6.45) is 5.52. The van der Waals surface area contributed by atoms with Crippen LogP contribution in [0.3, 0.4) is 0 Å². The third kappa shape index (κ3) is 5.80. The molecule has 0 radical (unpaired) electrons. The minimum absolute atomic E-state index is 0.133. The molecular weight excluding hydrogens is 304 g/mol. The molecule has 1 fully saturated rings. The van der Waals surface area contributed by atoms with E-state index in [9.17, 15) is 14.4 Å². The Morgan fingerprint density at radius 1 is 1.38 bits per heavy atom. The molecule has 1 aliphatic rings. The van der Waals surface area contributed by atoms with Gasteiger partial charge in [0.05, 0.1) is 6.04 Å². The van der Waals surface area contributed by atoms with Gasteiger partial charge < -0.3 is 15.0 Å². The van der Waals surface area contributed by atoms with Crippen LogP contribution in [-0.4, -0.2) is 42.6 Å². The third-order valence-corrected chi connectivity index (χ3v) is 3.74. The zero-order valence-electron chi connectivity index (χ0n) is 15.5. The summed E-state index contributed by atoms with van der Waals surface area (Å²) in [5.74, 6) is -0.278. The first-order valence-electron chi connectivity index (χ1n) is 8.42. The molecule has 1 rings (SSSR count). The van der Waals surface area contributed by atoms with Gasteiger partial charge in [-0.15, -0.1) is 0 Å². The van der Waals surface area contributed by atoms with Crippen molar-refractivity contribution in [2.75, 3.05) is 13.6 Å². The van der Waals surface area contributed by atoms with E-state index in [1.807, 2.05) is 33.8 Å². The molecule has 1 heterocycles. The van der Waals surface area contributed by atoms with Gasteiger partial charge in [-0.05, 0) is 32.3 Å². The van der Waals surface area contributed by atoms with Gasteiger partial charge in [0.2, 0.25) is 5.91 Å². The molecule has 0 bridgehead atoms. The summed E-state index contributed by atoms with van der Waals surface area (Å²) in [5, 5.41) is 2.52. The standard InChI is InChI=1S/C17H24N2O3.C2H6/c1-5-6-13-9-10-19(17(22)16(13)12(2)3)14(11-20)7-8-15(21)18-4;1-2/h5-6,11,14H,1,7-10H2,2-4H3,(H,18,21);1-2H3/b13-6-;. The number of piperidine rings is 1. The number of hydrogen-bond acceptors (Lipinski definition) is 3. The Balaban J connectivity index is 0.00000254. The fraction of sp³-hybridized carbons (Fsp3) is 0.526. The number of nitrogens with one attached hydrogen (secondary N) is 1. The Kier molecular flexibility index (Phi) is 10.3. The van der Waals surface area contributed by atoms with E-state index in [0.717, 1.165) is 17.4 Å². The number of nitrogens with zero attached hydrogens (tertiary/aromatic N) is 1. The number of carbonyl (C=O) groups excluding carboxylic acids is 3. The second-order valence-corrected chi connectivity index (χ2v) is 5.47.